The van der Waals surface area contributed by atoms with Crippen molar-refractivity contribution in [3.63, 3.8) is 0 Å². The molecule has 0 bridgehead atoms. The Labute approximate surface area is 139 Å². The molecular formula is C17H19ClN3O2+. The van der Waals surface area contributed by atoms with E-state index in [0.29, 0.717) is 5.02 Å². The van der Waals surface area contributed by atoms with Crippen molar-refractivity contribution in [2.45, 2.75) is 19.0 Å². The van der Waals surface area contributed by atoms with E-state index in [4.69, 9.17) is 17.3 Å². The van der Waals surface area contributed by atoms with Crippen LogP contribution in [-0.4, -0.2) is 11.9 Å². The number of nitrogens with one attached hydrogen (secondary N) is 1. The largest absolute Gasteiger partial charge is 0.351 e. The minimum atomic E-state index is -0.866. The highest BCUT2D eigenvalue weighted by atomic mass is 35.5. The van der Waals surface area contributed by atoms with Crippen molar-refractivity contribution in [2.75, 3.05) is 0 Å². The van der Waals surface area contributed by atoms with Gasteiger partial charge in [0.25, 0.3) is 5.91 Å². The summed E-state index contributed by atoms with van der Waals surface area (Å²) in [5.74, 6) is -0.456. The van der Waals surface area contributed by atoms with Gasteiger partial charge in [-0.2, -0.15) is 0 Å². The Balaban J connectivity index is 2.26. The van der Waals surface area contributed by atoms with Crippen LogP contribution in [0.1, 0.15) is 30.1 Å². The summed E-state index contributed by atoms with van der Waals surface area (Å²) in [6, 6.07) is 15.1. The van der Waals surface area contributed by atoms with Crippen molar-refractivity contribution < 1.29 is 14.9 Å². The van der Waals surface area contributed by atoms with Gasteiger partial charge < -0.3 is 11.1 Å². The third kappa shape index (κ3) is 4.55. The van der Waals surface area contributed by atoms with E-state index in [1.54, 1.807) is 0 Å². The Kier molecular flexibility index (Phi) is 5.73. The van der Waals surface area contributed by atoms with E-state index >= 15 is 0 Å². The van der Waals surface area contributed by atoms with Crippen LogP contribution in [0.25, 0.3) is 0 Å². The maximum Gasteiger partial charge on any atom is 0.319 e. The number of amides is 3. The van der Waals surface area contributed by atoms with Gasteiger partial charge in [0.2, 0.25) is 0 Å². The van der Waals surface area contributed by atoms with Gasteiger partial charge in [0.05, 0.1) is 0 Å². The average Bonchev–Trinajstić information content (AvgIpc) is 2.53. The second-order valence-corrected chi connectivity index (χ2v) is 5.65. The summed E-state index contributed by atoms with van der Waals surface area (Å²) < 4.78 is 0. The first-order valence-electron chi connectivity index (χ1n) is 7.23. The highest BCUT2D eigenvalue weighted by molar-refractivity contribution is 6.31. The summed E-state index contributed by atoms with van der Waals surface area (Å²) in [6.45, 7) is 1.95. The Morgan fingerprint density at radius 2 is 1.70 bits per heavy atom. The molecule has 0 aliphatic heterocycles. The number of rotatable bonds is 5. The summed E-state index contributed by atoms with van der Waals surface area (Å²) in [5, 5.41) is 4.64. The van der Waals surface area contributed by atoms with Crippen molar-refractivity contribution in [1.82, 2.24) is 5.32 Å². The number of halogens is 1. The summed E-state index contributed by atoms with van der Waals surface area (Å²) in [4.78, 5) is 23.3. The molecule has 0 aromatic heterocycles. The lowest BCUT2D eigenvalue weighted by molar-refractivity contribution is -0.719. The maximum atomic E-state index is 12.3. The zero-order valence-corrected chi connectivity index (χ0v) is 13.5. The molecule has 0 saturated heterocycles. The molecule has 2 aromatic rings. The van der Waals surface area contributed by atoms with Crippen LogP contribution in [-0.2, 0) is 4.79 Å². The molecule has 2 rings (SSSR count). The molecular weight excluding hydrogens is 314 g/mol. The number of carbonyl (C=O) groups is 2. The minimum absolute atomic E-state index is 0.0764. The van der Waals surface area contributed by atoms with Crippen LogP contribution >= 0.6 is 11.6 Å². The molecule has 3 amide bonds. The molecule has 0 unspecified atom stereocenters. The fraction of sp³-hybridized carbons (Fsp3) is 0.176. The Bertz CT molecular complexity index is 691. The fourth-order valence-electron chi connectivity index (χ4n) is 2.45. The number of quaternary nitrogens is 1. The highest BCUT2D eigenvalue weighted by Crippen LogP contribution is 2.21. The maximum absolute atomic E-state index is 12.3. The van der Waals surface area contributed by atoms with Crippen LogP contribution in [0, 0.1) is 0 Å². The lowest BCUT2D eigenvalue weighted by Crippen LogP contribution is -2.88. The van der Waals surface area contributed by atoms with Gasteiger partial charge in [-0.25, -0.2) is 4.79 Å². The fourth-order valence-corrected chi connectivity index (χ4v) is 2.75. The van der Waals surface area contributed by atoms with Crippen LogP contribution in [0.4, 0.5) is 4.79 Å². The predicted octanol–water partition coefficient (Wildman–Crippen LogP) is 1.90. The second-order valence-electron chi connectivity index (χ2n) is 5.24. The van der Waals surface area contributed by atoms with Crippen molar-refractivity contribution in [1.29, 1.82) is 0 Å². The molecule has 0 saturated carbocycles. The normalized spacial score (nSPS) is 13.1. The van der Waals surface area contributed by atoms with E-state index in [-0.39, 0.29) is 6.04 Å². The number of hydrogen-bond acceptors (Lipinski definition) is 2. The van der Waals surface area contributed by atoms with Gasteiger partial charge in [0, 0.05) is 16.1 Å². The number of nitrogens with two attached hydrogens (primary N) is 2. The van der Waals surface area contributed by atoms with Crippen LogP contribution < -0.4 is 16.4 Å². The van der Waals surface area contributed by atoms with Crippen molar-refractivity contribution >= 4 is 23.5 Å². The van der Waals surface area contributed by atoms with Crippen molar-refractivity contribution in [3.05, 3.63) is 70.7 Å². The summed E-state index contributed by atoms with van der Waals surface area (Å²) in [6.07, 6.45) is 0. The summed E-state index contributed by atoms with van der Waals surface area (Å²) in [5.41, 5.74) is 6.77. The van der Waals surface area contributed by atoms with Gasteiger partial charge in [0.15, 0.2) is 6.04 Å². The molecule has 0 heterocycles. The smallest absolute Gasteiger partial charge is 0.319 e. The van der Waals surface area contributed by atoms with Crippen LogP contribution in [0.2, 0.25) is 5.02 Å². The summed E-state index contributed by atoms with van der Waals surface area (Å²) in [7, 11) is 0. The van der Waals surface area contributed by atoms with Gasteiger partial charge in [-0.1, -0.05) is 60.1 Å². The molecule has 0 fully saturated rings. The zero-order chi connectivity index (χ0) is 16.8. The standard InChI is InChI=1S/C17H18ClN3O2/c1-11(13-9-5-6-10-14(13)18)20-15(16(22)21-17(19)23)12-7-3-2-4-8-12/h2-11,15,20H,1H3,(H3,19,21,22,23)/p+1/t11-,15-/m1/s1. The number of primary amides is 1. The van der Waals surface area contributed by atoms with E-state index in [0.717, 1.165) is 11.1 Å². The summed E-state index contributed by atoms with van der Waals surface area (Å²) >= 11 is 6.22. The highest BCUT2D eigenvalue weighted by Gasteiger charge is 2.28. The van der Waals surface area contributed by atoms with Gasteiger partial charge >= 0.3 is 6.03 Å². The second kappa shape index (κ2) is 7.76. The van der Waals surface area contributed by atoms with E-state index in [9.17, 15) is 9.59 Å². The molecule has 2 atom stereocenters. The van der Waals surface area contributed by atoms with Gasteiger partial charge in [-0.3, -0.25) is 10.1 Å². The molecule has 23 heavy (non-hydrogen) atoms. The third-order valence-corrected chi connectivity index (χ3v) is 3.91. The van der Waals surface area contributed by atoms with E-state index < -0.39 is 18.0 Å². The lowest BCUT2D eigenvalue weighted by atomic mass is 10.0. The molecule has 6 heteroatoms. The van der Waals surface area contributed by atoms with E-state index in [1.807, 2.05) is 66.8 Å². The van der Waals surface area contributed by atoms with Crippen LogP contribution in [0.5, 0.6) is 0 Å². The van der Waals surface area contributed by atoms with E-state index in [2.05, 4.69) is 5.32 Å². The van der Waals surface area contributed by atoms with Crippen LogP contribution in [0.3, 0.4) is 0 Å². The van der Waals surface area contributed by atoms with Crippen molar-refractivity contribution in [3.8, 4) is 0 Å². The molecule has 0 aliphatic carbocycles. The molecule has 0 spiro atoms. The molecule has 5 nitrogen and oxygen atoms in total. The number of hydrogen-bond donors (Lipinski definition) is 3. The van der Waals surface area contributed by atoms with Gasteiger partial charge in [-0.15, -0.1) is 0 Å². The first-order valence-corrected chi connectivity index (χ1v) is 7.61. The number of carbonyl (C=O) groups excluding carboxylic acids is 2. The Hall–Kier alpha value is -2.37. The van der Waals surface area contributed by atoms with Crippen molar-refractivity contribution in [2.24, 2.45) is 5.73 Å². The minimum Gasteiger partial charge on any atom is -0.351 e. The SMILES string of the molecule is C[C@@H]([NH2+][C@@H](C(=O)NC(N)=O)c1ccccc1)c1ccccc1Cl. The first-order chi connectivity index (χ1) is 11.0. The monoisotopic (exact) mass is 332 g/mol. The zero-order valence-electron chi connectivity index (χ0n) is 12.7. The van der Waals surface area contributed by atoms with Crippen LogP contribution in [0.15, 0.2) is 54.6 Å². The average molecular weight is 333 g/mol. The quantitative estimate of drug-likeness (QED) is 0.780. The Morgan fingerprint density at radius 1 is 1.09 bits per heavy atom. The first kappa shape index (κ1) is 17.0. The predicted molar refractivity (Wildman–Crippen MR) is 88.7 cm³/mol. The third-order valence-electron chi connectivity index (χ3n) is 3.56. The molecule has 2 aromatic carbocycles. The van der Waals surface area contributed by atoms with Gasteiger partial charge in [-0.05, 0) is 13.0 Å². The molecule has 0 aliphatic rings. The topological polar surface area (TPSA) is 88.8 Å². The molecule has 5 N–H and O–H groups in total. The number of benzene rings is 2. The molecule has 120 valence electrons. The number of urea groups is 1. The Morgan fingerprint density at radius 3 is 2.30 bits per heavy atom. The van der Waals surface area contributed by atoms with E-state index in [1.165, 1.54) is 0 Å². The van der Waals surface area contributed by atoms with Gasteiger partial charge in [0.1, 0.15) is 6.04 Å². The molecule has 0 radical (unpaired) electrons. The number of imide groups is 1. The lowest BCUT2D eigenvalue weighted by Gasteiger charge is -2.20.